The second kappa shape index (κ2) is 7.39. The topological polar surface area (TPSA) is 44.3 Å². The average molecular weight is 250 g/mol. The maximum absolute atomic E-state index is 8.67. The number of hydrogen-bond donors (Lipinski definition) is 3. The Morgan fingerprint density at radius 2 is 1.78 bits per heavy atom. The van der Waals surface area contributed by atoms with Gasteiger partial charge in [0.1, 0.15) is 0 Å². The molecule has 1 aromatic rings. The molecule has 0 aliphatic heterocycles. The molecule has 0 saturated carbocycles. The van der Waals surface area contributed by atoms with Crippen molar-refractivity contribution in [1.82, 2.24) is 5.32 Å². The Bertz CT molecular complexity index is 345. The molecular formula is C15H26N2O. The van der Waals surface area contributed by atoms with Crippen molar-refractivity contribution in [3.8, 4) is 0 Å². The molecule has 0 aliphatic carbocycles. The van der Waals surface area contributed by atoms with E-state index in [2.05, 4.69) is 55.7 Å². The van der Waals surface area contributed by atoms with Gasteiger partial charge in [-0.25, -0.2) is 0 Å². The molecule has 0 fully saturated rings. The Hall–Kier alpha value is -1.06. The molecule has 0 atom stereocenters. The molecule has 0 unspecified atom stereocenters. The van der Waals surface area contributed by atoms with Crippen molar-refractivity contribution in [2.75, 3.05) is 31.6 Å². The molecule has 1 aromatic carbocycles. The molecule has 0 heterocycles. The summed E-state index contributed by atoms with van der Waals surface area (Å²) in [4.78, 5) is 0. The van der Waals surface area contributed by atoms with E-state index in [0.29, 0.717) is 0 Å². The molecule has 0 aliphatic rings. The van der Waals surface area contributed by atoms with E-state index in [4.69, 9.17) is 5.11 Å². The summed E-state index contributed by atoms with van der Waals surface area (Å²) in [6, 6.07) is 8.47. The maximum atomic E-state index is 8.67. The van der Waals surface area contributed by atoms with Crippen LogP contribution in [0.15, 0.2) is 24.3 Å². The van der Waals surface area contributed by atoms with E-state index in [9.17, 15) is 0 Å². The molecule has 18 heavy (non-hydrogen) atoms. The first-order chi connectivity index (χ1) is 8.55. The van der Waals surface area contributed by atoms with Crippen LogP contribution in [0.25, 0.3) is 0 Å². The van der Waals surface area contributed by atoms with E-state index in [0.717, 1.165) is 26.1 Å². The van der Waals surface area contributed by atoms with Gasteiger partial charge in [-0.1, -0.05) is 39.0 Å². The van der Waals surface area contributed by atoms with Crippen molar-refractivity contribution in [3.63, 3.8) is 0 Å². The Morgan fingerprint density at radius 3 is 2.44 bits per heavy atom. The molecule has 0 saturated heterocycles. The zero-order chi connectivity index (χ0) is 13.4. The van der Waals surface area contributed by atoms with Gasteiger partial charge in [0.2, 0.25) is 0 Å². The van der Waals surface area contributed by atoms with E-state index in [1.54, 1.807) is 0 Å². The Balaban J connectivity index is 2.43. The molecule has 0 spiro atoms. The highest BCUT2D eigenvalue weighted by molar-refractivity contribution is 5.54. The minimum absolute atomic E-state index is 0.161. The van der Waals surface area contributed by atoms with E-state index >= 15 is 0 Å². The maximum Gasteiger partial charge on any atom is 0.0443 e. The highest BCUT2D eigenvalue weighted by Gasteiger charge is 2.16. The highest BCUT2D eigenvalue weighted by Crippen LogP contribution is 2.28. The van der Waals surface area contributed by atoms with E-state index in [1.807, 2.05) is 0 Å². The van der Waals surface area contributed by atoms with Crippen molar-refractivity contribution in [1.29, 1.82) is 0 Å². The summed E-state index contributed by atoms with van der Waals surface area (Å²) < 4.78 is 0. The van der Waals surface area contributed by atoms with E-state index in [-0.39, 0.29) is 12.0 Å². The summed E-state index contributed by atoms with van der Waals surface area (Å²) in [5, 5.41) is 15.4. The quantitative estimate of drug-likeness (QED) is 0.651. The summed E-state index contributed by atoms with van der Waals surface area (Å²) in [5.74, 6) is 0. The third-order valence-electron chi connectivity index (χ3n) is 2.86. The lowest BCUT2D eigenvalue weighted by Crippen LogP contribution is -2.24. The number of benzene rings is 1. The number of aliphatic hydroxyl groups excluding tert-OH is 1. The van der Waals surface area contributed by atoms with Crippen molar-refractivity contribution in [2.45, 2.75) is 32.6 Å². The summed E-state index contributed by atoms with van der Waals surface area (Å²) >= 11 is 0. The fraction of sp³-hybridized carbons (Fsp3) is 0.600. The largest absolute Gasteiger partial charge is 0.396 e. The third-order valence-corrected chi connectivity index (χ3v) is 2.86. The first kappa shape index (κ1) is 15.0. The van der Waals surface area contributed by atoms with Crippen molar-refractivity contribution < 1.29 is 5.11 Å². The molecule has 0 aromatic heterocycles. The number of nitrogens with one attached hydrogen (secondary N) is 2. The number of aliphatic hydroxyl groups is 1. The van der Waals surface area contributed by atoms with Crippen LogP contribution in [0.2, 0.25) is 0 Å². The van der Waals surface area contributed by atoms with Gasteiger partial charge in [0, 0.05) is 25.4 Å². The lowest BCUT2D eigenvalue weighted by molar-refractivity contribution is 0.286. The van der Waals surface area contributed by atoms with Gasteiger partial charge in [0.15, 0.2) is 0 Å². The van der Waals surface area contributed by atoms with Crippen LogP contribution in [0.4, 0.5) is 5.69 Å². The molecule has 102 valence electrons. The normalized spacial score (nSPS) is 11.6. The fourth-order valence-electron chi connectivity index (χ4n) is 1.91. The van der Waals surface area contributed by atoms with Crippen LogP contribution in [0.3, 0.4) is 0 Å². The molecule has 0 amide bonds. The Kier molecular flexibility index (Phi) is 6.16. The number of para-hydroxylation sites is 1. The molecular weight excluding hydrogens is 224 g/mol. The third kappa shape index (κ3) is 5.07. The zero-order valence-corrected chi connectivity index (χ0v) is 11.8. The lowest BCUT2D eigenvalue weighted by Gasteiger charge is -2.23. The van der Waals surface area contributed by atoms with Crippen LogP contribution in [0, 0.1) is 0 Å². The summed E-state index contributed by atoms with van der Waals surface area (Å²) in [5.41, 5.74) is 2.72. The number of rotatable bonds is 7. The van der Waals surface area contributed by atoms with Gasteiger partial charge < -0.3 is 15.7 Å². The lowest BCUT2D eigenvalue weighted by atomic mass is 9.86. The van der Waals surface area contributed by atoms with E-state index in [1.165, 1.54) is 11.3 Å². The van der Waals surface area contributed by atoms with Gasteiger partial charge in [-0.05, 0) is 30.0 Å². The zero-order valence-electron chi connectivity index (χ0n) is 11.8. The second-order valence-electron chi connectivity index (χ2n) is 5.55. The fourth-order valence-corrected chi connectivity index (χ4v) is 1.91. The van der Waals surface area contributed by atoms with Crippen LogP contribution in [0.1, 0.15) is 32.8 Å². The smallest absolute Gasteiger partial charge is 0.0443 e. The van der Waals surface area contributed by atoms with Crippen LogP contribution >= 0.6 is 0 Å². The van der Waals surface area contributed by atoms with Gasteiger partial charge in [-0.2, -0.15) is 0 Å². The van der Waals surface area contributed by atoms with Gasteiger partial charge >= 0.3 is 0 Å². The van der Waals surface area contributed by atoms with Gasteiger partial charge in [-0.15, -0.1) is 0 Å². The van der Waals surface area contributed by atoms with Crippen molar-refractivity contribution in [2.24, 2.45) is 0 Å². The predicted octanol–water partition coefficient (Wildman–Crippen LogP) is 2.37. The summed E-state index contributed by atoms with van der Waals surface area (Å²) in [6.45, 7) is 9.64. The van der Waals surface area contributed by atoms with Crippen LogP contribution in [-0.4, -0.2) is 31.3 Å². The monoisotopic (exact) mass is 250 g/mol. The first-order valence-corrected chi connectivity index (χ1v) is 6.70. The summed E-state index contributed by atoms with van der Waals surface area (Å²) in [6.07, 6.45) is 0.818. The standard InChI is InChI=1S/C15H26N2O/c1-15(2,3)13-7-4-5-8-14(13)17-11-10-16-9-6-12-18/h4-5,7-8,16-18H,6,9-12H2,1-3H3. The SMILES string of the molecule is CC(C)(C)c1ccccc1NCCNCCCO. The molecule has 1 rings (SSSR count). The predicted molar refractivity (Wildman–Crippen MR) is 78.2 cm³/mol. The van der Waals surface area contributed by atoms with Crippen LogP contribution < -0.4 is 10.6 Å². The van der Waals surface area contributed by atoms with Gasteiger partial charge in [0.05, 0.1) is 0 Å². The minimum atomic E-state index is 0.161. The van der Waals surface area contributed by atoms with Gasteiger partial charge in [0.25, 0.3) is 0 Å². The molecule has 0 radical (unpaired) electrons. The first-order valence-electron chi connectivity index (χ1n) is 6.70. The molecule has 0 bridgehead atoms. The van der Waals surface area contributed by atoms with Crippen molar-refractivity contribution in [3.05, 3.63) is 29.8 Å². The second-order valence-corrected chi connectivity index (χ2v) is 5.55. The Morgan fingerprint density at radius 1 is 1.06 bits per heavy atom. The molecule has 3 heteroatoms. The number of hydrogen-bond acceptors (Lipinski definition) is 3. The molecule has 3 nitrogen and oxygen atoms in total. The van der Waals surface area contributed by atoms with Gasteiger partial charge in [-0.3, -0.25) is 0 Å². The highest BCUT2D eigenvalue weighted by atomic mass is 16.3. The average Bonchev–Trinajstić information content (AvgIpc) is 2.33. The molecule has 3 N–H and O–H groups in total. The van der Waals surface area contributed by atoms with E-state index < -0.39 is 0 Å². The number of anilines is 1. The van der Waals surface area contributed by atoms with Crippen LogP contribution in [-0.2, 0) is 5.41 Å². The van der Waals surface area contributed by atoms with Crippen molar-refractivity contribution >= 4 is 5.69 Å². The Labute approximate surface area is 111 Å². The van der Waals surface area contributed by atoms with Crippen LogP contribution in [0.5, 0.6) is 0 Å². The summed E-state index contributed by atoms with van der Waals surface area (Å²) in [7, 11) is 0. The minimum Gasteiger partial charge on any atom is -0.396 e.